The molecule has 0 fully saturated rings. The van der Waals surface area contributed by atoms with Gasteiger partial charge in [0.25, 0.3) is 11.8 Å². The number of nitrogens with one attached hydrogen (secondary N) is 2. The maximum Gasteiger partial charge on any atom is 0.342 e. The minimum atomic E-state index is -0.671. The number of hydrogen-bond acceptors (Lipinski definition) is 5. The van der Waals surface area contributed by atoms with Crippen molar-refractivity contribution >= 4 is 17.8 Å². The van der Waals surface area contributed by atoms with E-state index in [0.717, 1.165) is 0 Å². The summed E-state index contributed by atoms with van der Waals surface area (Å²) >= 11 is 0. The Hall–Kier alpha value is -3.09. The zero-order chi connectivity index (χ0) is 15.9. The molecule has 0 spiro atoms. The van der Waals surface area contributed by atoms with E-state index in [0.29, 0.717) is 11.3 Å². The van der Waals surface area contributed by atoms with E-state index in [4.69, 9.17) is 9.15 Å². The van der Waals surface area contributed by atoms with Crippen molar-refractivity contribution in [3.05, 3.63) is 59.5 Å². The van der Waals surface area contributed by atoms with Gasteiger partial charge in [-0.2, -0.15) is 0 Å². The van der Waals surface area contributed by atoms with Crippen LogP contribution >= 0.6 is 0 Å². The van der Waals surface area contributed by atoms with E-state index in [-0.39, 0.29) is 5.56 Å². The van der Waals surface area contributed by atoms with Crippen molar-refractivity contribution in [3.8, 4) is 0 Å². The highest BCUT2D eigenvalue weighted by Crippen LogP contribution is 2.09. The van der Waals surface area contributed by atoms with Crippen LogP contribution in [-0.4, -0.2) is 24.4 Å². The molecule has 2 N–H and O–H groups in total. The highest BCUT2D eigenvalue weighted by atomic mass is 16.5. The Kier molecular flexibility index (Phi) is 4.92. The topological polar surface area (TPSA) is 97.6 Å². The first-order valence-corrected chi connectivity index (χ1v) is 6.43. The average molecular weight is 302 g/mol. The van der Waals surface area contributed by atoms with Crippen LogP contribution in [0.2, 0.25) is 0 Å². The molecule has 2 aromatic rings. The van der Waals surface area contributed by atoms with Gasteiger partial charge in [0.05, 0.1) is 6.26 Å². The number of hydrogen-bond donors (Lipinski definition) is 2. The zero-order valence-corrected chi connectivity index (χ0v) is 11.8. The maximum atomic E-state index is 11.7. The first-order chi connectivity index (χ1) is 10.6. The summed E-state index contributed by atoms with van der Waals surface area (Å²) in [6.45, 7) is 1.09. The predicted octanol–water partition coefficient (Wildman–Crippen LogP) is 1.21. The summed E-state index contributed by atoms with van der Waals surface area (Å²) in [6, 6.07) is 9.82. The van der Waals surface area contributed by atoms with Crippen LogP contribution in [-0.2, 0) is 9.53 Å². The van der Waals surface area contributed by atoms with Crippen LogP contribution in [0.15, 0.2) is 47.1 Å². The van der Waals surface area contributed by atoms with Crippen LogP contribution in [0, 0.1) is 6.92 Å². The number of carbonyl (C=O) groups is 3. The lowest BCUT2D eigenvalue weighted by molar-refractivity contribution is -0.125. The van der Waals surface area contributed by atoms with Gasteiger partial charge in [0, 0.05) is 5.56 Å². The third kappa shape index (κ3) is 3.95. The number of carbonyl (C=O) groups excluding carboxylic acids is 3. The lowest BCUT2D eigenvalue weighted by Crippen LogP contribution is -2.43. The molecule has 1 aromatic carbocycles. The van der Waals surface area contributed by atoms with Crippen molar-refractivity contribution < 1.29 is 23.5 Å². The van der Waals surface area contributed by atoms with Gasteiger partial charge >= 0.3 is 5.97 Å². The van der Waals surface area contributed by atoms with Crippen molar-refractivity contribution in [1.82, 2.24) is 10.9 Å². The number of hydrazine groups is 1. The van der Waals surface area contributed by atoms with E-state index in [2.05, 4.69) is 10.9 Å². The van der Waals surface area contributed by atoms with Crippen molar-refractivity contribution in [3.63, 3.8) is 0 Å². The Morgan fingerprint density at radius 2 is 1.82 bits per heavy atom. The smallest absolute Gasteiger partial charge is 0.342 e. The normalized spacial score (nSPS) is 9.86. The average Bonchev–Trinajstić information content (AvgIpc) is 2.97. The highest BCUT2D eigenvalue weighted by molar-refractivity contribution is 5.96. The molecule has 1 aromatic heterocycles. The second kappa shape index (κ2) is 7.07. The molecule has 0 atom stereocenters. The minimum absolute atomic E-state index is 0.251. The Morgan fingerprint density at radius 1 is 1.09 bits per heavy atom. The predicted molar refractivity (Wildman–Crippen MR) is 75.8 cm³/mol. The number of furan rings is 1. The van der Waals surface area contributed by atoms with Gasteiger partial charge in [-0.15, -0.1) is 0 Å². The molecule has 0 aliphatic heterocycles. The van der Waals surface area contributed by atoms with Gasteiger partial charge in [0.2, 0.25) is 0 Å². The largest absolute Gasteiger partial charge is 0.469 e. The summed E-state index contributed by atoms with van der Waals surface area (Å²) < 4.78 is 9.77. The van der Waals surface area contributed by atoms with Crippen molar-refractivity contribution in [2.24, 2.45) is 0 Å². The molecule has 22 heavy (non-hydrogen) atoms. The fourth-order valence-electron chi connectivity index (χ4n) is 1.63. The first kappa shape index (κ1) is 15.3. The summed E-state index contributed by atoms with van der Waals surface area (Å²) in [5, 5.41) is 0. The molecule has 2 rings (SSSR count). The van der Waals surface area contributed by atoms with E-state index in [1.807, 2.05) is 0 Å². The van der Waals surface area contributed by atoms with Gasteiger partial charge in [0.1, 0.15) is 11.3 Å². The molecule has 114 valence electrons. The quantitative estimate of drug-likeness (QED) is 0.653. The summed E-state index contributed by atoms with van der Waals surface area (Å²) in [6.07, 6.45) is 1.35. The van der Waals surface area contributed by atoms with Crippen molar-refractivity contribution in [2.45, 2.75) is 6.92 Å². The van der Waals surface area contributed by atoms with Gasteiger partial charge in [0.15, 0.2) is 6.61 Å². The zero-order valence-electron chi connectivity index (χ0n) is 11.8. The van der Waals surface area contributed by atoms with Gasteiger partial charge < -0.3 is 9.15 Å². The fourth-order valence-corrected chi connectivity index (χ4v) is 1.63. The second-order valence-corrected chi connectivity index (χ2v) is 4.33. The number of aryl methyl sites for hydroxylation is 1. The number of amides is 2. The molecule has 2 amide bonds. The first-order valence-electron chi connectivity index (χ1n) is 6.43. The van der Waals surface area contributed by atoms with Crippen molar-refractivity contribution in [1.29, 1.82) is 0 Å². The standard InChI is InChI=1S/C15H14N2O5/c1-10-12(7-8-21-10)15(20)22-9-13(18)16-17-14(19)11-5-3-2-4-6-11/h2-8H,9H2,1H3,(H,16,18)(H,17,19). The van der Waals surface area contributed by atoms with Crippen LogP contribution in [0.25, 0.3) is 0 Å². The summed E-state index contributed by atoms with van der Waals surface area (Å²) in [5.74, 6) is -1.39. The van der Waals surface area contributed by atoms with Gasteiger partial charge in [-0.25, -0.2) is 4.79 Å². The van der Waals surface area contributed by atoms with E-state index in [1.54, 1.807) is 37.3 Å². The van der Waals surface area contributed by atoms with Crippen LogP contribution in [0.3, 0.4) is 0 Å². The molecular weight excluding hydrogens is 288 g/mol. The van der Waals surface area contributed by atoms with Gasteiger partial charge in [-0.1, -0.05) is 18.2 Å². The third-order valence-corrected chi connectivity index (χ3v) is 2.76. The summed E-state index contributed by atoms with van der Waals surface area (Å²) in [7, 11) is 0. The Morgan fingerprint density at radius 3 is 2.45 bits per heavy atom. The second-order valence-electron chi connectivity index (χ2n) is 4.33. The number of esters is 1. The van der Waals surface area contributed by atoms with Crippen LogP contribution in [0.4, 0.5) is 0 Å². The van der Waals surface area contributed by atoms with E-state index in [1.165, 1.54) is 12.3 Å². The van der Waals surface area contributed by atoms with Crippen molar-refractivity contribution in [2.75, 3.05) is 6.61 Å². The Labute approximate surface area is 126 Å². The molecule has 7 heteroatoms. The molecular formula is C15H14N2O5. The van der Waals surface area contributed by atoms with Crippen LogP contribution < -0.4 is 10.9 Å². The van der Waals surface area contributed by atoms with E-state index in [9.17, 15) is 14.4 Å². The van der Waals surface area contributed by atoms with Crippen LogP contribution in [0.5, 0.6) is 0 Å². The van der Waals surface area contributed by atoms with E-state index < -0.39 is 24.4 Å². The number of benzene rings is 1. The highest BCUT2D eigenvalue weighted by Gasteiger charge is 2.15. The monoisotopic (exact) mass is 302 g/mol. The fraction of sp³-hybridized carbons (Fsp3) is 0.133. The molecule has 7 nitrogen and oxygen atoms in total. The number of rotatable bonds is 4. The molecule has 0 saturated heterocycles. The molecule has 0 saturated carbocycles. The third-order valence-electron chi connectivity index (χ3n) is 2.76. The summed E-state index contributed by atoms with van der Waals surface area (Å²) in [4.78, 5) is 34.8. The van der Waals surface area contributed by atoms with Gasteiger partial charge in [-0.3, -0.25) is 20.4 Å². The molecule has 0 aliphatic rings. The maximum absolute atomic E-state index is 11.7. The summed E-state index contributed by atoms with van der Waals surface area (Å²) in [5.41, 5.74) is 5.03. The molecule has 0 unspecified atom stereocenters. The molecule has 1 heterocycles. The SMILES string of the molecule is Cc1occc1C(=O)OCC(=O)NNC(=O)c1ccccc1. The van der Waals surface area contributed by atoms with Gasteiger partial charge in [-0.05, 0) is 25.1 Å². The molecule has 0 radical (unpaired) electrons. The van der Waals surface area contributed by atoms with E-state index >= 15 is 0 Å². The number of ether oxygens (including phenoxy) is 1. The molecule has 0 bridgehead atoms. The lowest BCUT2D eigenvalue weighted by Gasteiger charge is -2.07. The van der Waals surface area contributed by atoms with Crippen LogP contribution in [0.1, 0.15) is 26.5 Å². The molecule has 0 aliphatic carbocycles. The Balaban J connectivity index is 1.76. The lowest BCUT2D eigenvalue weighted by atomic mass is 10.2. The minimum Gasteiger partial charge on any atom is -0.469 e. The Bertz CT molecular complexity index is 678.